The Hall–Kier alpha value is -5.43. The molecule has 0 atom stereocenters. The van der Waals surface area contributed by atoms with Crippen molar-refractivity contribution in [1.29, 1.82) is 0 Å². The van der Waals surface area contributed by atoms with Crippen LogP contribution in [0.2, 0.25) is 0 Å². The van der Waals surface area contributed by atoms with E-state index in [-0.39, 0.29) is 17.1 Å². The first-order valence-corrected chi connectivity index (χ1v) is 14.9. The summed E-state index contributed by atoms with van der Waals surface area (Å²) in [5, 5.41) is 7.70. The smallest absolute Gasteiger partial charge is 0.418 e. The summed E-state index contributed by atoms with van der Waals surface area (Å²) in [5.41, 5.74) is -0.223. The second-order valence-corrected chi connectivity index (χ2v) is 10.7. The molecule has 4 rings (SSSR count). The lowest BCUT2D eigenvalue weighted by Gasteiger charge is -2.15. The van der Waals surface area contributed by atoms with Gasteiger partial charge in [0.05, 0.1) is 38.3 Å². The van der Waals surface area contributed by atoms with Gasteiger partial charge in [-0.15, -0.1) is 11.8 Å². The fourth-order valence-corrected chi connectivity index (χ4v) is 4.97. The molecule has 244 valence electrons. The summed E-state index contributed by atoms with van der Waals surface area (Å²) >= 11 is 1.10. The molecule has 0 fully saturated rings. The number of nitrogens with one attached hydrogen (secondary N) is 3. The number of anilines is 2. The zero-order valence-electron chi connectivity index (χ0n) is 25.4. The van der Waals surface area contributed by atoms with Gasteiger partial charge < -0.3 is 30.2 Å². The number of carbonyl (C=O) groups excluding carboxylic acids is 3. The molecule has 0 heterocycles. The van der Waals surface area contributed by atoms with Crippen molar-refractivity contribution in [2.75, 3.05) is 37.7 Å². The topological polar surface area (TPSA) is 115 Å². The highest BCUT2D eigenvalue weighted by Crippen LogP contribution is 2.36. The zero-order chi connectivity index (χ0) is 34.0. The summed E-state index contributed by atoms with van der Waals surface area (Å²) in [6, 6.07) is 22.7. The van der Waals surface area contributed by atoms with Gasteiger partial charge in [-0.05, 0) is 60.7 Å². The number of rotatable bonds is 12. The Morgan fingerprint density at radius 1 is 0.766 bits per heavy atom. The lowest BCUT2D eigenvalue weighted by atomic mass is 10.1. The number of amides is 3. The average molecular weight is 666 g/mol. The summed E-state index contributed by atoms with van der Waals surface area (Å²) in [7, 11) is 4.39. The molecule has 47 heavy (non-hydrogen) atoms. The van der Waals surface area contributed by atoms with Crippen LogP contribution in [-0.2, 0) is 15.8 Å². The second kappa shape index (κ2) is 15.7. The Kier molecular flexibility index (Phi) is 11.5. The van der Waals surface area contributed by atoms with Crippen LogP contribution in [0.3, 0.4) is 0 Å². The molecule has 0 saturated carbocycles. The molecule has 9 nitrogen and oxygen atoms in total. The molecule has 3 amide bonds. The van der Waals surface area contributed by atoms with E-state index in [1.807, 2.05) is 0 Å². The van der Waals surface area contributed by atoms with Gasteiger partial charge in [0.1, 0.15) is 11.4 Å². The number of hydrogen-bond donors (Lipinski definition) is 3. The number of ether oxygens (including phenoxy) is 3. The monoisotopic (exact) mass is 665 g/mol. The van der Waals surface area contributed by atoms with Crippen molar-refractivity contribution in [3.8, 4) is 17.2 Å². The molecule has 0 unspecified atom stereocenters. The van der Waals surface area contributed by atoms with Crippen LogP contribution in [0, 0.1) is 0 Å². The van der Waals surface area contributed by atoms with Crippen molar-refractivity contribution in [3.63, 3.8) is 0 Å². The first-order chi connectivity index (χ1) is 22.5. The van der Waals surface area contributed by atoms with Gasteiger partial charge in [-0.2, -0.15) is 13.2 Å². The Labute approximate surface area is 273 Å². The summed E-state index contributed by atoms with van der Waals surface area (Å²) in [6.45, 7) is 0. The van der Waals surface area contributed by atoms with Crippen molar-refractivity contribution < 1.29 is 41.8 Å². The molecule has 0 aliphatic carbocycles. The molecule has 13 heteroatoms. The molecule has 0 aliphatic heterocycles. The van der Waals surface area contributed by atoms with E-state index in [9.17, 15) is 27.6 Å². The molecule has 4 aromatic rings. The third-order valence-electron chi connectivity index (χ3n) is 6.55. The van der Waals surface area contributed by atoms with Gasteiger partial charge in [0.25, 0.3) is 11.8 Å². The zero-order valence-corrected chi connectivity index (χ0v) is 26.3. The average Bonchev–Trinajstić information content (AvgIpc) is 3.07. The molecular formula is C34H30F3N3O6S. The number of halogens is 3. The van der Waals surface area contributed by atoms with Gasteiger partial charge >= 0.3 is 6.18 Å². The molecule has 0 spiro atoms. The largest absolute Gasteiger partial charge is 0.496 e. The van der Waals surface area contributed by atoms with E-state index in [0.717, 1.165) is 17.8 Å². The Bertz CT molecular complexity index is 1760. The summed E-state index contributed by atoms with van der Waals surface area (Å²) in [5.74, 6) is -0.789. The second-order valence-electron chi connectivity index (χ2n) is 9.69. The van der Waals surface area contributed by atoms with E-state index in [0.29, 0.717) is 39.0 Å². The standard InChI is InChI=1S/C34H30F3N3O6S/c1-44-28-19-30(46-3)29(45-2)18-22(28)17-27(40-32(42)21-9-5-4-6-10-21)33(43)38-23-13-15-24(16-14-23)47-20-31(41)39-26-12-8-7-11-25(26)34(35,36)37/h4-19H,20H2,1-3H3,(H,38,43)(H,39,41)(H,40,42)/b27-17-. The maximum atomic E-state index is 13.5. The Morgan fingerprint density at radius 3 is 2.02 bits per heavy atom. The maximum Gasteiger partial charge on any atom is 0.418 e. The third kappa shape index (κ3) is 9.30. The molecule has 4 aromatic carbocycles. The highest BCUT2D eigenvalue weighted by atomic mass is 32.2. The van der Waals surface area contributed by atoms with Crippen molar-refractivity contribution >= 4 is 46.9 Å². The normalized spacial score (nSPS) is 11.3. The van der Waals surface area contributed by atoms with E-state index in [4.69, 9.17) is 14.2 Å². The molecule has 0 aromatic heterocycles. The van der Waals surface area contributed by atoms with Gasteiger partial charge in [-0.25, -0.2) is 0 Å². The minimum Gasteiger partial charge on any atom is -0.496 e. The number of methoxy groups -OCH3 is 3. The molecule has 0 bridgehead atoms. The lowest BCUT2D eigenvalue weighted by Crippen LogP contribution is -2.30. The van der Waals surface area contributed by atoms with Crippen molar-refractivity contribution in [1.82, 2.24) is 5.32 Å². The van der Waals surface area contributed by atoms with Crippen LogP contribution in [0.25, 0.3) is 6.08 Å². The SMILES string of the molecule is COc1cc(OC)c(OC)cc1/C=C(\NC(=O)c1ccccc1)C(=O)Nc1ccc(SCC(=O)Nc2ccccc2C(F)(F)F)cc1. The molecule has 0 aliphatic rings. The maximum absolute atomic E-state index is 13.5. The highest BCUT2D eigenvalue weighted by molar-refractivity contribution is 8.00. The Balaban J connectivity index is 1.49. The minimum absolute atomic E-state index is 0.0985. The van der Waals surface area contributed by atoms with Gasteiger partial charge in [0, 0.05) is 27.8 Å². The van der Waals surface area contributed by atoms with Gasteiger partial charge in [-0.1, -0.05) is 30.3 Å². The van der Waals surface area contributed by atoms with E-state index in [1.54, 1.807) is 66.7 Å². The van der Waals surface area contributed by atoms with Crippen LogP contribution in [0.1, 0.15) is 21.5 Å². The van der Waals surface area contributed by atoms with Crippen LogP contribution >= 0.6 is 11.8 Å². The molecule has 3 N–H and O–H groups in total. The van der Waals surface area contributed by atoms with Crippen molar-refractivity contribution in [3.05, 3.63) is 113 Å². The molecule has 0 radical (unpaired) electrons. The molecular weight excluding hydrogens is 635 g/mol. The van der Waals surface area contributed by atoms with E-state index >= 15 is 0 Å². The summed E-state index contributed by atoms with van der Waals surface area (Å²) < 4.78 is 55.9. The number of para-hydroxylation sites is 1. The highest BCUT2D eigenvalue weighted by Gasteiger charge is 2.33. The van der Waals surface area contributed by atoms with Crippen molar-refractivity contribution in [2.24, 2.45) is 0 Å². The minimum atomic E-state index is -4.61. The van der Waals surface area contributed by atoms with Crippen LogP contribution in [0.15, 0.2) is 102 Å². The Morgan fingerprint density at radius 2 is 1.38 bits per heavy atom. The van der Waals surface area contributed by atoms with Gasteiger partial charge in [-0.3, -0.25) is 14.4 Å². The predicted molar refractivity (Wildman–Crippen MR) is 174 cm³/mol. The number of benzene rings is 4. The predicted octanol–water partition coefficient (Wildman–Crippen LogP) is 6.87. The molecule has 0 saturated heterocycles. The lowest BCUT2D eigenvalue weighted by molar-refractivity contribution is -0.137. The quantitative estimate of drug-likeness (QED) is 0.112. The number of hydrogen-bond acceptors (Lipinski definition) is 7. The van der Waals surface area contributed by atoms with Gasteiger partial charge in [0.2, 0.25) is 5.91 Å². The number of alkyl halides is 3. The first-order valence-electron chi connectivity index (χ1n) is 13.9. The van der Waals surface area contributed by atoms with Crippen LogP contribution in [0.5, 0.6) is 17.2 Å². The fourth-order valence-electron chi connectivity index (χ4n) is 4.27. The first kappa shape index (κ1) is 34.4. The number of thioether (sulfide) groups is 1. The van der Waals surface area contributed by atoms with Gasteiger partial charge in [0.15, 0.2) is 11.5 Å². The van der Waals surface area contributed by atoms with E-state index in [1.165, 1.54) is 45.6 Å². The van der Waals surface area contributed by atoms with Crippen LogP contribution < -0.4 is 30.2 Å². The van der Waals surface area contributed by atoms with E-state index < -0.39 is 29.5 Å². The summed E-state index contributed by atoms with van der Waals surface area (Å²) in [6.07, 6.45) is -3.17. The van der Waals surface area contributed by atoms with E-state index in [2.05, 4.69) is 16.0 Å². The van der Waals surface area contributed by atoms with Crippen molar-refractivity contribution in [2.45, 2.75) is 11.1 Å². The van der Waals surface area contributed by atoms with Crippen LogP contribution in [-0.4, -0.2) is 44.8 Å². The van der Waals surface area contributed by atoms with Crippen LogP contribution in [0.4, 0.5) is 24.5 Å². The third-order valence-corrected chi connectivity index (χ3v) is 7.57. The fraction of sp³-hybridized carbons (Fsp3) is 0.147. The number of carbonyl (C=O) groups is 3. The summed E-state index contributed by atoms with van der Waals surface area (Å²) in [4.78, 5) is 39.6.